The Kier molecular flexibility index (Phi) is 5.48. The molecule has 124 valence electrons. The number of benzene rings is 1. The lowest BCUT2D eigenvalue weighted by molar-refractivity contribution is 0.703. The Morgan fingerprint density at radius 1 is 1.25 bits per heavy atom. The van der Waals surface area contributed by atoms with Crippen molar-refractivity contribution in [2.75, 3.05) is 0 Å². The maximum Gasteiger partial charge on any atom is 0.191 e. The van der Waals surface area contributed by atoms with Gasteiger partial charge >= 0.3 is 0 Å². The quantitative estimate of drug-likeness (QED) is 0.452. The summed E-state index contributed by atoms with van der Waals surface area (Å²) in [5, 5.41) is 12.5. The van der Waals surface area contributed by atoms with Gasteiger partial charge in [0, 0.05) is 23.2 Å². The molecule has 3 rings (SSSR count). The molecule has 24 heavy (non-hydrogen) atoms. The van der Waals surface area contributed by atoms with E-state index in [1.807, 2.05) is 13.0 Å². The highest BCUT2D eigenvalue weighted by molar-refractivity contribution is 7.98. The van der Waals surface area contributed by atoms with Crippen LogP contribution < -0.4 is 0 Å². The fourth-order valence-electron chi connectivity index (χ4n) is 2.33. The van der Waals surface area contributed by atoms with Gasteiger partial charge in [-0.15, -0.1) is 28.1 Å². The molecule has 0 radical (unpaired) electrons. The molecular formula is C18H20N4S2. The lowest BCUT2D eigenvalue weighted by atomic mass is 10.1. The zero-order chi connectivity index (χ0) is 16.9. The van der Waals surface area contributed by atoms with Crippen molar-refractivity contribution in [2.24, 2.45) is 0 Å². The molecule has 0 spiro atoms. The maximum atomic E-state index is 4.75. The van der Waals surface area contributed by atoms with Crippen molar-refractivity contribution in [3.05, 3.63) is 59.4 Å². The first-order valence-electron chi connectivity index (χ1n) is 7.88. The van der Waals surface area contributed by atoms with Crippen LogP contribution in [0.2, 0.25) is 0 Å². The molecule has 0 aliphatic rings. The van der Waals surface area contributed by atoms with Crippen molar-refractivity contribution in [1.82, 2.24) is 19.7 Å². The topological polar surface area (TPSA) is 43.6 Å². The molecular weight excluding hydrogens is 336 g/mol. The summed E-state index contributed by atoms with van der Waals surface area (Å²) in [6.07, 6.45) is 2.92. The summed E-state index contributed by atoms with van der Waals surface area (Å²) < 4.78 is 2.06. The van der Waals surface area contributed by atoms with Crippen LogP contribution in [0, 0.1) is 6.92 Å². The summed E-state index contributed by atoms with van der Waals surface area (Å²) in [5.74, 6) is 1.70. The normalized spacial score (nSPS) is 10.9. The molecule has 0 bridgehead atoms. The van der Waals surface area contributed by atoms with Crippen molar-refractivity contribution in [3.8, 4) is 10.6 Å². The van der Waals surface area contributed by atoms with E-state index in [2.05, 4.69) is 57.9 Å². The van der Waals surface area contributed by atoms with Crippen LogP contribution in [0.5, 0.6) is 0 Å². The van der Waals surface area contributed by atoms with Crippen LogP contribution in [0.3, 0.4) is 0 Å². The Labute approximate surface area is 150 Å². The summed E-state index contributed by atoms with van der Waals surface area (Å²) in [6.45, 7) is 8.65. The van der Waals surface area contributed by atoms with Crippen molar-refractivity contribution in [2.45, 2.75) is 37.7 Å². The van der Waals surface area contributed by atoms with Crippen molar-refractivity contribution in [3.63, 3.8) is 0 Å². The molecule has 0 N–H and O–H groups in total. The van der Waals surface area contributed by atoms with Gasteiger partial charge in [-0.25, -0.2) is 4.98 Å². The predicted molar refractivity (Wildman–Crippen MR) is 101 cm³/mol. The Bertz CT molecular complexity index is 818. The van der Waals surface area contributed by atoms with Gasteiger partial charge in [0.05, 0.1) is 5.69 Å². The second-order valence-electron chi connectivity index (χ2n) is 5.41. The zero-order valence-corrected chi connectivity index (χ0v) is 15.5. The van der Waals surface area contributed by atoms with E-state index in [0.717, 1.165) is 40.4 Å². The minimum atomic E-state index is 0.729. The van der Waals surface area contributed by atoms with E-state index in [1.54, 1.807) is 23.1 Å². The van der Waals surface area contributed by atoms with E-state index in [9.17, 15) is 0 Å². The molecule has 0 saturated carbocycles. The van der Waals surface area contributed by atoms with Crippen LogP contribution >= 0.6 is 23.1 Å². The molecule has 1 aromatic carbocycles. The van der Waals surface area contributed by atoms with Crippen LogP contribution in [-0.2, 0) is 18.7 Å². The minimum absolute atomic E-state index is 0.729. The number of hydrogen-bond acceptors (Lipinski definition) is 5. The SMILES string of the molecule is C=CCn1c(C)nnc1SCc1csc(-c2ccc(CC)cc2)n1. The fourth-order valence-corrected chi connectivity index (χ4v) is 4.15. The highest BCUT2D eigenvalue weighted by atomic mass is 32.2. The number of allylic oxidation sites excluding steroid dienone is 1. The number of aryl methyl sites for hydroxylation is 2. The number of aromatic nitrogens is 4. The van der Waals surface area contributed by atoms with E-state index in [1.165, 1.54) is 11.1 Å². The minimum Gasteiger partial charge on any atom is -0.302 e. The van der Waals surface area contributed by atoms with Crippen LogP contribution in [-0.4, -0.2) is 19.7 Å². The zero-order valence-electron chi connectivity index (χ0n) is 13.9. The average Bonchev–Trinajstić information content (AvgIpc) is 3.21. The number of thioether (sulfide) groups is 1. The molecule has 2 aromatic heterocycles. The Balaban J connectivity index is 1.69. The molecule has 2 heterocycles. The highest BCUT2D eigenvalue weighted by Crippen LogP contribution is 2.28. The number of rotatable bonds is 7. The van der Waals surface area contributed by atoms with E-state index in [4.69, 9.17) is 4.98 Å². The predicted octanol–water partition coefficient (Wildman–Crippen LogP) is 4.75. The molecule has 0 saturated heterocycles. The fraction of sp³-hybridized carbons (Fsp3) is 0.278. The molecule has 4 nitrogen and oxygen atoms in total. The molecule has 0 aliphatic heterocycles. The van der Waals surface area contributed by atoms with Gasteiger partial charge < -0.3 is 4.57 Å². The summed E-state index contributed by atoms with van der Waals surface area (Å²) in [6, 6.07) is 8.65. The number of hydrogen-bond donors (Lipinski definition) is 0. The largest absolute Gasteiger partial charge is 0.302 e. The maximum absolute atomic E-state index is 4.75. The first kappa shape index (κ1) is 16.9. The lowest BCUT2D eigenvalue weighted by Crippen LogP contribution is -2.00. The highest BCUT2D eigenvalue weighted by Gasteiger charge is 2.10. The number of thiazole rings is 1. The Hall–Kier alpha value is -1.92. The third kappa shape index (κ3) is 3.76. The molecule has 3 aromatic rings. The third-order valence-electron chi connectivity index (χ3n) is 3.72. The van der Waals surface area contributed by atoms with Gasteiger partial charge in [0.1, 0.15) is 10.8 Å². The molecule has 6 heteroatoms. The summed E-state index contributed by atoms with van der Waals surface area (Å²) >= 11 is 3.35. The van der Waals surface area contributed by atoms with Crippen molar-refractivity contribution >= 4 is 23.1 Å². The van der Waals surface area contributed by atoms with Crippen LogP contribution in [0.15, 0.2) is 47.5 Å². The lowest BCUT2D eigenvalue weighted by Gasteiger charge is -2.03. The molecule has 0 amide bonds. The van der Waals surface area contributed by atoms with Crippen LogP contribution in [0.1, 0.15) is 24.0 Å². The van der Waals surface area contributed by atoms with E-state index in [0.29, 0.717) is 0 Å². The van der Waals surface area contributed by atoms with Crippen molar-refractivity contribution in [1.29, 1.82) is 0 Å². The van der Waals surface area contributed by atoms with E-state index in [-0.39, 0.29) is 0 Å². The third-order valence-corrected chi connectivity index (χ3v) is 5.66. The first-order valence-corrected chi connectivity index (χ1v) is 9.75. The Morgan fingerprint density at radius 2 is 2.04 bits per heavy atom. The second-order valence-corrected chi connectivity index (χ2v) is 7.21. The van der Waals surface area contributed by atoms with Crippen LogP contribution in [0.25, 0.3) is 10.6 Å². The van der Waals surface area contributed by atoms with Gasteiger partial charge in [-0.1, -0.05) is 49.0 Å². The molecule has 0 fully saturated rings. The monoisotopic (exact) mass is 356 g/mol. The Morgan fingerprint density at radius 3 is 2.75 bits per heavy atom. The van der Waals surface area contributed by atoms with Gasteiger partial charge in [0.25, 0.3) is 0 Å². The number of nitrogens with zero attached hydrogens (tertiary/aromatic N) is 4. The van der Waals surface area contributed by atoms with E-state index < -0.39 is 0 Å². The smallest absolute Gasteiger partial charge is 0.191 e. The standard InChI is InChI=1S/C18H20N4S2/c1-4-10-22-13(3)20-21-18(22)24-12-16-11-23-17(19-16)15-8-6-14(5-2)7-9-15/h4,6-9,11H,1,5,10,12H2,2-3H3. The second kappa shape index (κ2) is 7.77. The summed E-state index contributed by atoms with van der Waals surface area (Å²) in [4.78, 5) is 4.75. The average molecular weight is 357 g/mol. The van der Waals surface area contributed by atoms with Gasteiger partial charge in [-0.2, -0.15) is 0 Å². The molecule has 0 atom stereocenters. The van der Waals surface area contributed by atoms with Crippen molar-refractivity contribution < 1.29 is 0 Å². The summed E-state index contributed by atoms with van der Waals surface area (Å²) in [7, 11) is 0. The summed E-state index contributed by atoms with van der Waals surface area (Å²) in [5.41, 5.74) is 3.60. The van der Waals surface area contributed by atoms with E-state index >= 15 is 0 Å². The van der Waals surface area contributed by atoms with Gasteiger partial charge in [0.15, 0.2) is 5.16 Å². The first-order chi connectivity index (χ1) is 11.7. The van der Waals surface area contributed by atoms with Crippen LogP contribution in [0.4, 0.5) is 0 Å². The van der Waals surface area contributed by atoms with Gasteiger partial charge in [-0.3, -0.25) is 0 Å². The molecule has 0 unspecified atom stereocenters. The van der Waals surface area contributed by atoms with Gasteiger partial charge in [0.2, 0.25) is 0 Å². The molecule has 0 aliphatic carbocycles. The van der Waals surface area contributed by atoms with Gasteiger partial charge in [-0.05, 0) is 18.9 Å².